The van der Waals surface area contributed by atoms with Gasteiger partial charge in [-0.3, -0.25) is 4.79 Å². The Labute approximate surface area is 85.9 Å². The van der Waals surface area contributed by atoms with Gasteiger partial charge in [-0.1, -0.05) is 18.2 Å². The number of benzene rings is 1. The Kier molecular flexibility index (Phi) is 2.40. The maximum absolute atomic E-state index is 11.1. The van der Waals surface area contributed by atoms with E-state index in [9.17, 15) is 4.79 Å². The summed E-state index contributed by atoms with van der Waals surface area (Å²) < 4.78 is 0. The molecule has 1 atom stereocenters. The Balaban J connectivity index is 2.12. The molecule has 76 valence electrons. The van der Waals surface area contributed by atoms with Gasteiger partial charge in [-0.25, -0.2) is 5.43 Å². The van der Waals surface area contributed by atoms with Crippen molar-refractivity contribution in [2.75, 3.05) is 0 Å². The van der Waals surface area contributed by atoms with Crippen LogP contribution in [-0.2, 0) is 4.79 Å². The van der Waals surface area contributed by atoms with Gasteiger partial charge in [0, 0.05) is 0 Å². The number of nitrogens with one attached hydrogen (secondary N) is 1. The first-order chi connectivity index (χ1) is 7.27. The van der Waals surface area contributed by atoms with Gasteiger partial charge in [0.2, 0.25) is 6.04 Å². The maximum atomic E-state index is 11.1. The van der Waals surface area contributed by atoms with Crippen molar-refractivity contribution in [1.29, 1.82) is 0 Å². The van der Waals surface area contributed by atoms with Crippen LogP contribution in [0.3, 0.4) is 0 Å². The standard InChI is InChI=1S/C9H9N5O/c10-8-7(9(15)14-13-8)12-11-6-4-2-1-3-5-6/h1-5,7H,(H2,10,13)(H,14,15)/b12-11+. The molecular weight excluding hydrogens is 194 g/mol. The van der Waals surface area contributed by atoms with Gasteiger partial charge in [0.25, 0.3) is 5.91 Å². The third-order valence-corrected chi connectivity index (χ3v) is 1.87. The second-order valence-corrected chi connectivity index (χ2v) is 2.97. The molecule has 0 spiro atoms. The van der Waals surface area contributed by atoms with Crippen molar-refractivity contribution in [2.24, 2.45) is 21.1 Å². The Morgan fingerprint density at radius 3 is 2.67 bits per heavy atom. The minimum Gasteiger partial charge on any atom is -0.383 e. The zero-order valence-corrected chi connectivity index (χ0v) is 7.79. The van der Waals surface area contributed by atoms with E-state index in [0.717, 1.165) is 0 Å². The summed E-state index contributed by atoms with van der Waals surface area (Å²) in [5.74, 6) is -0.216. The third-order valence-electron chi connectivity index (χ3n) is 1.87. The second kappa shape index (κ2) is 3.87. The summed E-state index contributed by atoms with van der Waals surface area (Å²) in [4.78, 5) is 11.1. The van der Waals surface area contributed by atoms with Crippen molar-refractivity contribution in [3.05, 3.63) is 30.3 Å². The van der Waals surface area contributed by atoms with Gasteiger partial charge in [0.15, 0.2) is 5.84 Å². The fourth-order valence-electron chi connectivity index (χ4n) is 1.11. The average molecular weight is 203 g/mol. The van der Waals surface area contributed by atoms with Gasteiger partial charge in [-0.2, -0.15) is 15.3 Å². The number of carbonyl (C=O) groups is 1. The van der Waals surface area contributed by atoms with Crippen LogP contribution < -0.4 is 11.2 Å². The number of hydrogen-bond acceptors (Lipinski definition) is 5. The number of hydrogen-bond donors (Lipinski definition) is 2. The lowest BCUT2D eigenvalue weighted by molar-refractivity contribution is -0.120. The summed E-state index contributed by atoms with van der Waals surface area (Å²) in [6.07, 6.45) is 0. The van der Waals surface area contributed by atoms with Gasteiger partial charge < -0.3 is 5.73 Å². The van der Waals surface area contributed by atoms with Crippen LogP contribution in [0.1, 0.15) is 0 Å². The van der Waals surface area contributed by atoms with E-state index in [2.05, 4.69) is 20.8 Å². The van der Waals surface area contributed by atoms with Crippen LogP contribution in [0.15, 0.2) is 45.7 Å². The second-order valence-electron chi connectivity index (χ2n) is 2.97. The SMILES string of the molecule is NC1=NNC(=O)C1/N=N/c1ccccc1. The largest absolute Gasteiger partial charge is 0.383 e. The molecule has 1 aromatic carbocycles. The number of nitrogens with two attached hydrogens (primary N) is 1. The number of hydrazone groups is 1. The first kappa shape index (κ1) is 9.32. The Bertz CT molecular complexity index is 425. The van der Waals surface area contributed by atoms with Gasteiger partial charge in [-0.05, 0) is 12.1 Å². The lowest BCUT2D eigenvalue weighted by Gasteiger charge is -1.97. The van der Waals surface area contributed by atoms with E-state index in [0.29, 0.717) is 5.69 Å². The van der Waals surface area contributed by atoms with E-state index in [-0.39, 0.29) is 11.7 Å². The number of rotatable bonds is 2. The summed E-state index contributed by atoms with van der Waals surface area (Å²) >= 11 is 0. The molecule has 0 saturated carbocycles. The molecule has 1 unspecified atom stereocenters. The van der Waals surface area contributed by atoms with Crippen molar-refractivity contribution in [3.63, 3.8) is 0 Å². The van der Waals surface area contributed by atoms with Gasteiger partial charge >= 0.3 is 0 Å². The van der Waals surface area contributed by atoms with Gasteiger partial charge in [0.1, 0.15) is 0 Å². The van der Waals surface area contributed by atoms with Crippen molar-refractivity contribution >= 4 is 17.4 Å². The zero-order chi connectivity index (χ0) is 10.7. The Morgan fingerprint density at radius 2 is 2.07 bits per heavy atom. The fourth-order valence-corrected chi connectivity index (χ4v) is 1.11. The summed E-state index contributed by atoms with van der Waals surface area (Å²) in [5, 5.41) is 11.3. The monoisotopic (exact) mass is 203 g/mol. The molecule has 2 rings (SSSR count). The Morgan fingerprint density at radius 1 is 1.33 bits per heavy atom. The van der Waals surface area contributed by atoms with Crippen LogP contribution >= 0.6 is 0 Å². The molecule has 0 saturated heterocycles. The molecule has 15 heavy (non-hydrogen) atoms. The topological polar surface area (TPSA) is 92.2 Å². The molecule has 0 aliphatic carbocycles. The normalized spacial score (nSPS) is 20.4. The molecule has 0 bridgehead atoms. The first-order valence-corrected chi connectivity index (χ1v) is 4.36. The van der Waals surface area contributed by atoms with E-state index < -0.39 is 6.04 Å². The van der Waals surface area contributed by atoms with Crippen LogP contribution in [0.2, 0.25) is 0 Å². The van der Waals surface area contributed by atoms with Gasteiger partial charge in [0.05, 0.1) is 5.69 Å². The summed E-state index contributed by atoms with van der Waals surface area (Å²) in [7, 11) is 0. The molecule has 6 nitrogen and oxygen atoms in total. The molecular formula is C9H9N5O. The van der Waals surface area contributed by atoms with E-state index in [1.54, 1.807) is 12.1 Å². The average Bonchev–Trinajstić information content (AvgIpc) is 2.58. The maximum Gasteiger partial charge on any atom is 0.274 e. The number of carbonyl (C=O) groups excluding carboxylic acids is 1. The highest BCUT2D eigenvalue weighted by Crippen LogP contribution is 2.12. The highest BCUT2D eigenvalue weighted by Gasteiger charge is 2.27. The minimum absolute atomic E-state index is 0.139. The van der Waals surface area contributed by atoms with Crippen molar-refractivity contribution in [1.82, 2.24) is 5.43 Å². The number of azo groups is 1. The molecule has 1 aliphatic heterocycles. The quantitative estimate of drug-likeness (QED) is 0.686. The van der Waals surface area contributed by atoms with Crippen LogP contribution in [0.4, 0.5) is 5.69 Å². The van der Waals surface area contributed by atoms with Crippen molar-refractivity contribution < 1.29 is 4.79 Å². The van der Waals surface area contributed by atoms with Gasteiger partial charge in [-0.15, -0.1) is 0 Å². The smallest absolute Gasteiger partial charge is 0.274 e. The fraction of sp³-hybridized carbons (Fsp3) is 0.111. The molecule has 1 aromatic rings. The van der Waals surface area contributed by atoms with Crippen molar-refractivity contribution in [2.45, 2.75) is 6.04 Å². The molecule has 1 amide bonds. The predicted octanol–water partition coefficient (Wildman–Crippen LogP) is 0.541. The highest BCUT2D eigenvalue weighted by molar-refractivity contribution is 6.10. The van der Waals surface area contributed by atoms with E-state index in [1.165, 1.54) is 0 Å². The lowest BCUT2D eigenvalue weighted by atomic mass is 10.3. The zero-order valence-electron chi connectivity index (χ0n) is 7.79. The molecule has 3 N–H and O–H groups in total. The molecule has 0 aromatic heterocycles. The molecule has 0 fully saturated rings. The van der Waals surface area contributed by atoms with Crippen LogP contribution in [0, 0.1) is 0 Å². The molecule has 0 radical (unpaired) electrons. The molecule has 1 heterocycles. The van der Waals surface area contributed by atoms with Crippen LogP contribution in [0.5, 0.6) is 0 Å². The number of amidine groups is 1. The third kappa shape index (κ3) is 1.98. The van der Waals surface area contributed by atoms with E-state index in [1.807, 2.05) is 18.2 Å². The minimum atomic E-state index is -0.801. The molecule has 1 aliphatic rings. The first-order valence-electron chi connectivity index (χ1n) is 4.36. The lowest BCUT2D eigenvalue weighted by Crippen LogP contribution is -2.31. The summed E-state index contributed by atoms with van der Waals surface area (Å²) in [6, 6.07) is 8.30. The summed E-state index contributed by atoms with van der Waals surface area (Å²) in [6.45, 7) is 0. The molecule has 6 heteroatoms. The van der Waals surface area contributed by atoms with Crippen molar-refractivity contribution in [3.8, 4) is 0 Å². The van der Waals surface area contributed by atoms with Crippen LogP contribution in [0.25, 0.3) is 0 Å². The highest BCUT2D eigenvalue weighted by atomic mass is 16.2. The van der Waals surface area contributed by atoms with Crippen LogP contribution in [-0.4, -0.2) is 17.8 Å². The summed E-state index contributed by atoms with van der Waals surface area (Å²) in [5.41, 5.74) is 8.34. The predicted molar refractivity (Wildman–Crippen MR) is 54.5 cm³/mol. The number of amides is 1. The van der Waals surface area contributed by atoms with E-state index in [4.69, 9.17) is 5.73 Å². The number of nitrogens with zero attached hydrogens (tertiary/aromatic N) is 3. The Hall–Kier alpha value is -2.24. The van der Waals surface area contributed by atoms with E-state index >= 15 is 0 Å².